The van der Waals surface area contributed by atoms with Gasteiger partial charge < -0.3 is 5.73 Å². The summed E-state index contributed by atoms with van der Waals surface area (Å²) >= 11 is 0. The molecule has 2 atom stereocenters. The number of rotatable bonds is 3. The second-order valence-electron chi connectivity index (χ2n) is 4.90. The smallest absolute Gasteiger partial charge is 0.00408 e. The van der Waals surface area contributed by atoms with Crippen molar-refractivity contribution in [3.63, 3.8) is 0 Å². The molecule has 0 aromatic heterocycles. The molecule has 0 unspecified atom stereocenters. The Balaban J connectivity index is 2.39. The molecule has 1 nitrogen and oxygen atoms in total. The molecule has 0 aromatic carbocycles. The molecule has 1 heteroatoms. The summed E-state index contributed by atoms with van der Waals surface area (Å²) in [5, 5.41) is 0. The molecule has 0 aromatic rings. The van der Waals surface area contributed by atoms with E-state index in [1.54, 1.807) is 0 Å². The van der Waals surface area contributed by atoms with Crippen LogP contribution in [0.3, 0.4) is 0 Å². The minimum Gasteiger partial charge on any atom is -0.330 e. The lowest BCUT2D eigenvalue weighted by Gasteiger charge is -2.04. The van der Waals surface area contributed by atoms with Gasteiger partial charge in [-0.25, -0.2) is 0 Å². The molecule has 0 saturated heterocycles. The zero-order valence-electron chi connectivity index (χ0n) is 8.22. The van der Waals surface area contributed by atoms with Gasteiger partial charge in [-0.15, -0.1) is 0 Å². The fourth-order valence-electron chi connectivity index (χ4n) is 2.30. The Morgan fingerprint density at radius 1 is 1.27 bits per heavy atom. The Bertz CT molecular complexity index is 138. The standard InChI is InChI=1S/C10H21N/c1-7(2)5-8-9(6-11)10(8,3)4/h7-9H,5-6,11H2,1-4H3/t8-,9-/m0/s1. The molecule has 1 aliphatic carbocycles. The van der Waals surface area contributed by atoms with Crippen molar-refractivity contribution in [3.05, 3.63) is 0 Å². The Morgan fingerprint density at radius 2 is 1.82 bits per heavy atom. The van der Waals surface area contributed by atoms with Gasteiger partial charge in [0, 0.05) is 0 Å². The van der Waals surface area contributed by atoms with E-state index in [0.717, 1.165) is 24.3 Å². The first-order valence-corrected chi connectivity index (χ1v) is 4.70. The van der Waals surface area contributed by atoms with E-state index in [0.29, 0.717) is 5.41 Å². The third-order valence-corrected chi connectivity index (χ3v) is 3.27. The molecule has 2 N–H and O–H groups in total. The summed E-state index contributed by atoms with van der Waals surface area (Å²) in [4.78, 5) is 0. The van der Waals surface area contributed by atoms with Crippen molar-refractivity contribution >= 4 is 0 Å². The highest BCUT2D eigenvalue weighted by Gasteiger charge is 2.55. The van der Waals surface area contributed by atoms with E-state index in [9.17, 15) is 0 Å². The van der Waals surface area contributed by atoms with Gasteiger partial charge in [-0.2, -0.15) is 0 Å². The van der Waals surface area contributed by atoms with Crippen molar-refractivity contribution in [2.45, 2.75) is 34.1 Å². The fourth-order valence-corrected chi connectivity index (χ4v) is 2.30. The monoisotopic (exact) mass is 155 g/mol. The van der Waals surface area contributed by atoms with E-state index >= 15 is 0 Å². The van der Waals surface area contributed by atoms with Crippen molar-refractivity contribution in [2.24, 2.45) is 28.9 Å². The first-order chi connectivity index (χ1) is 5.00. The molecule has 1 rings (SSSR count). The van der Waals surface area contributed by atoms with Gasteiger partial charge in [0.05, 0.1) is 0 Å². The normalized spacial score (nSPS) is 34.4. The number of hydrogen-bond donors (Lipinski definition) is 1. The molecule has 1 aliphatic rings. The van der Waals surface area contributed by atoms with Crippen LogP contribution in [0.4, 0.5) is 0 Å². The topological polar surface area (TPSA) is 26.0 Å². The predicted octanol–water partition coefficient (Wildman–Crippen LogP) is 2.26. The second kappa shape index (κ2) is 2.78. The molecular weight excluding hydrogens is 134 g/mol. The summed E-state index contributed by atoms with van der Waals surface area (Å²) in [6.45, 7) is 10.2. The van der Waals surface area contributed by atoms with E-state index < -0.39 is 0 Å². The van der Waals surface area contributed by atoms with E-state index in [1.807, 2.05) is 0 Å². The van der Waals surface area contributed by atoms with E-state index in [-0.39, 0.29) is 0 Å². The Kier molecular flexibility index (Phi) is 2.29. The summed E-state index contributed by atoms with van der Waals surface area (Å²) in [6, 6.07) is 0. The maximum atomic E-state index is 5.68. The van der Waals surface area contributed by atoms with Crippen LogP contribution in [0.5, 0.6) is 0 Å². The SMILES string of the molecule is CC(C)C[C@H]1[C@H](CN)C1(C)C. The Labute approximate surface area is 70.4 Å². The van der Waals surface area contributed by atoms with Crippen LogP contribution in [0, 0.1) is 23.2 Å². The lowest BCUT2D eigenvalue weighted by molar-refractivity contribution is 0.462. The fraction of sp³-hybridized carbons (Fsp3) is 1.00. The average molecular weight is 155 g/mol. The number of nitrogens with two attached hydrogens (primary N) is 1. The molecule has 1 saturated carbocycles. The third kappa shape index (κ3) is 1.58. The molecule has 0 spiro atoms. The maximum absolute atomic E-state index is 5.68. The molecule has 0 bridgehead atoms. The van der Waals surface area contributed by atoms with Gasteiger partial charge in [0.2, 0.25) is 0 Å². The summed E-state index contributed by atoms with van der Waals surface area (Å²) in [5.41, 5.74) is 6.22. The van der Waals surface area contributed by atoms with E-state index in [1.165, 1.54) is 6.42 Å². The largest absolute Gasteiger partial charge is 0.330 e. The molecular formula is C10H21N. The van der Waals surface area contributed by atoms with Crippen LogP contribution in [0.1, 0.15) is 34.1 Å². The highest BCUT2D eigenvalue weighted by atomic mass is 14.7. The van der Waals surface area contributed by atoms with Gasteiger partial charge in [0.25, 0.3) is 0 Å². The Morgan fingerprint density at radius 3 is 2.09 bits per heavy atom. The van der Waals surface area contributed by atoms with Gasteiger partial charge in [-0.05, 0) is 36.1 Å². The lowest BCUT2D eigenvalue weighted by Crippen LogP contribution is -2.05. The summed E-state index contributed by atoms with van der Waals surface area (Å²) in [6.07, 6.45) is 1.36. The molecule has 11 heavy (non-hydrogen) atoms. The van der Waals surface area contributed by atoms with Gasteiger partial charge >= 0.3 is 0 Å². The van der Waals surface area contributed by atoms with Crippen LogP contribution >= 0.6 is 0 Å². The van der Waals surface area contributed by atoms with Crippen molar-refractivity contribution < 1.29 is 0 Å². The van der Waals surface area contributed by atoms with Crippen molar-refractivity contribution in [1.82, 2.24) is 0 Å². The summed E-state index contributed by atoms with van der Waals surface area (Å²) in [5.74, 6) is 2.52. The quantitative estimate of drug-likeness (QED) is 0.664. The van der Waals surface area contributed by atoms with Gasteiger partial charge in [-0.3, -0.25) is 0 Å². The third-order valence-electron chi connectivity index (χ3n) is 3.27. The average Bonchev–Trinajstić information content (AvgIpc) is 2.33. The minimum atomic E-state index is 0.541. The van der Waals surface area contributed by atoms with Gasteiger partial charge in [0.15, 0.2) is 0 Å². The molecule has 0 radical (unpaired) electrons. The molecule has 0 amide bonds. The first kappa shape index (κ1) is 9.05. The van der Waals surface area contributed by atoms with Crippen LogP contribution in [0.15, 0.2) is 0 Å². The predicted molar refractivity (Wildman–Crippen MR) is 49.3 cm³/mol. The first-order valence-electron chi connectivity index (χ1n) is 4.70. The second-order valence-corrected chi connectivity index (χ2v) is 4.90. The van der Waals surface area contributed by atoms with Gasteiger partial charge in [-0.1, -0.05) is 27.7 Å². The molecule has 0 heterocycles. The highest BCUT2D eigenvalue weighted by Crippen LogP contribution is 2.60. The molecule has 0 aliphatic heterocycles. The van der Waals surface area contributed by atoms with Crippen LogP contribution in [0.2, 0.25) is 0 Å². The van der Waals surface area contributed by atoms with Gasteiger partial charge in [0.1, 0.15) is 0 Å². The van der Waals surface area contributed by atoms with Crippen LogP contribution < -0.4 is 5.73 Å². The van der Waals surface area contributed by atoms with Crippen LogP contribution in [-0.4, -0.2) is 6.54 Å². The maximum Gasteiger partial charge on any atom is -0.00408 e. The zero-order valence-corrected chi connectivity index (χ0v) is 8.22. The summed E-state index contributed by atoms with van der Waals surface area (Å²) < 4.78 is 0. The van der Waals surface area contributed by atoms with Crippen LogP contribution in [0.25, 0.3) is 0 Å². The highest BCUT2D eigenvalue weighted by molar-refractivity contribution is 5.05. The lowest BCUT2D eigenvalue weighted by atomic mass is 10.0. The van der Waals surface area contributed by atoms with Crippen molar-refractivity contribution in [3.8, 4) is 0 Å². The van der Waals surface area contributed by atoms with Crippen LogP contribution in [-0.2, 0) is 0 Å². The minimum absolute atomic E-state index is 0.541. The van der Waals surface area contributed by atoms with Crippen molar-refractivity contribution in [2.75, 3.05) is 6.54 Å². The zero-order chi connectivity index (χ0) is 8.65. The van der Waals surface area contributed by atoms with E-state index in [2.05, 4.69) is 27.7 Å². The number of hydrogen-bond acceptors (Lipinski definition) is 1. The summed E-state index contributed by atoms with van der Waals surface area (Å²) in [7, 11) is 0. The molecule has 1 fully saturated rings. The Hall–Kier alpha value is -0.0400. The van der Waals surface area contributed by atoms with Crippen molar-refractivity contribution in [1.29, 1.82) is 0 Å². The van der Waals surface area contributed by atoms with E-state index in [4.69, 9.17) is 5.73 Å². The molecule has 66 valence electrons.